The highest BCUT2D eigenvalue weighted by atomic mass is 32.1. The molecular formula is C42H28N2S. The Bertz CT molecular complexity index is 2650. The molecule has 0 radical (unpaired) electrons. The van der Waals surface area contributed by atoms with Crippen molar-refractivity contribution in [2.75, 3.05) is 0 Å². The van der Waals surface area contributed by atoms with E-state index in [1.54, 1.807) is 0 Å². The van der Waals surface area contributed by atoms with Gasteiger partial charge in [-0.15, -0.1) is 11.3 Å². The summed E-state index contributed by atoms with van der Waals surface area (Å²) in [6, 6.07) is 49.2. The van der Waals surface area contributed by atoms with Gasteiger partial charge in [-0.2, -0.15) is 0 Å². The van der Waals surface area contributed by atoms with Gasteiger partial charge in [-0.25, -0.2) is 0 Å². The molecule has 0 saturated carbocycles. The van der Waals surface area contributed by atoms with E-state index >= 15 is 0 Å². The molecule has 10 rings (SSSR count). The Balaban J connectivity index is 1.19. The average Bonchev–Trinajstić information content (AvgIpc) is 3.76. The highest BCUT2D eigenvalue weighted by molar-refractivity contribution is 7.26. The van der Waals surface area contributed by atoms with Gasteiger partial charge in [0.2, 0.25) is 0 Å². The highest BCUT2D eigenvalue weighted by Crippen LogP contribution is 2.42. The predicted octanol–water partition coefficient (Wildman–Crippen LogP) is 11.7. The van der Waals surface area contributed by atoms with Crippen LogP contribution < -0.4 is 0 Å². The van der Waals surface area contributed by atoms with E-state index in [4.69, 9.17) is 0 Å². The number of hydrogen-bond donors (Lipinski definition) is 0. The van der Waals surface area contributed by atoms with Crippen molar-refractivity contribution in [1.82, 2.24) is 9.13 Å². The lowest BCUT2D eigenvalue weighted by Gasteiger charge is -2.11. The molecule has 0 spiro atoms. The van der Waals surface area contributed by atoms with E-state index in [1.165, 1.54) is 86.6 Å². The first-order valence-corrected chi connectivity index (χ1v) is 16.5. The van der Waals surface area contributed by atoms with Gasteiger partial charge in [-0.05, 0) is 90.2 Å². The lowest BCUT2D eigenvalue weighted by atomic mass is 9.97. The number of fused-ring (bicyclic) bond motifs is 9. The largest absolute Gasteiger partial charge is 0.310 e. The molecule has 0 amide bonds. The van der Waals surface area contributed by atoms with Crippen LogP contribution in [-0.4, -0.2) is 9.13 Å². The minimum Gasteiger partial charge on any atom is -0.310 e. The van der Waals surface area contributed by atoms with Gasteiger partial charge in [0, 0.05) is 43.0 Å². The monoisotopic (exact) mass is 592 g/mol. The molecule has 1 aliphatic rings. The second-order valence-electron chi connectivity index (χ2n) is 12.0. The van der Waals surface area contributed by atoms with Gasteiger partial charge in [0.1, 0.15) is 0 Å². The molecule has 0 N–H and O–H groups in total. The predicted molar refractivity (Wildman–Crippen MR) is 193 cm³/mol. The van der Waals surface area contributed by atoms with Gasteiger partial charge < -0.3 is 9.13 Å². The number of nitrogens with zero attached hydrogens (tertiary/aromatic N) is 2. The molecule has 0 atom stereocenters. The Labute approximate surface area is 264 Å². The van der Waals surface area contributed by atoms with E-state index in [0.717, 1.165) is 12.8 Å². The third kappa shape index (κ3) is 3.62. The maximum absolute atomic E-state index is 2.47. The summed E-state index contributed by atoms with van der Waals surface area (Å²) in [4.78, 5) is 0. The lowest BCUT2D eigenvalue weighted by molar-refractivity contribution is 0.967. The van der Waals surface area contributed by atoms with Gasteiger partial charge in [0.15, 0.2) is 0 Å². The fourth-order valence-corrected chi connectivity index (χ4v) is 8.80. The third-order valence-corrected chi connectivity index (χ3v) is 10.8. The number of thiophene rings is 1. The normalized spacial score (nSPS) is 13.1. The van der Waals surface area contributed by atoms with E-state index < -0.39 is 0 Å². The molecule has 1 aliphatic carbocycles. The molecule has 3 heteroatoms. The van der Waals surface area contributed by atoms with Gasteiger partial charge in [-0.1, -0.05) is 84.9 Å². The van der Waals surface area contributed by atoms with Crippen molar-refractivity contribution in [3.8, 4) is 22.5 Å². The van der Waals surface area contributed by atoms with Crippen LogP contribution in [0.5, 0.6) is 0 Å². The smallest absolute Gasteiger partial charge is 0.0640 e. The van der Waals surface area contributed by atoms with E-state index in [0.29, 0.717) is 0 Å². The number of rotatable bonds is 3. The van der Waals surface area contributed by atoms with Crippen LogP contribution in [0.1, 0.15) is 17.7 Å². The summed E-state index contributed by atoms with van der Waals surface area (Å²) < 4.78 is 7.56. The molecule has 3 heterocycles. The number of hydrogen-bond acceptors (Lipinski definition) is 1. The summed E-state index contributed by atoms with van der Waals surface area (Å²) in [5.41, 5.74) is 11.5. The van der Waals surface area contributed by atoms with Crippen molar-refractivity contribution in [2.45, 2.75) is 12.8 Å². The second-order valence-corrected chi connectivity index (χ2v) is 13.1. The Hall–Kier alpha value is -5.38. The fourth-order valence-electron chi connectivity index (χ4n) is 7.59. The van der Waals surface area contributed by atoms with Crippen LogP contribution >= 0.6 is 11.3 Å². The summed E-state index contributed by atoms with van der Waals surface area (Å²) >= 11 is 1.89. The molecule has 0 saturated heterocycles. The van der Waals surface area contributed by atoms with Crippen LogP contribution in [0.15, 0.2) is 140 Å². The maximum Gasteiger partial charge on any atom is 0.0640 e. The summed E-state index contributed by atoms with van der Waals surface area (Å²) in [6.45, 7) is 0. The van der Waals surface area contributed by atoms with Crippen LogP contribution in [-0.2, 0) is 6.42 Å². The maximum atomic E-state index is 2.47. The minimum absolute atomic E-state index is 1.07. The van der Waals surface area contributed by atoms with E-state index in [2.05, 4.69) is 155 Å². The SMILES string of the molecule is C1=Cc2c(c3cc(-c4ccc5c(c4)c4ccccc4n5-c4cccc5c4sc4ccccc45)ccc3n2-c2ccccc2)CC1. The first kappa shape index (κ1) is 25.0. The van der Waals surface area contributed by atoms with Crippen LogP contribution in [0.3, 0.4) is 0 Å². The third-order valence-electron chi connectivity index (χ3n) is 9.59. The molecule has 3 aromatic heterocycles. The second kappa shape index (κ2) is 9.56. The number of aromatic nitrogens is 2. The first-order valence-electron chi connectivity index (χ1n) is 15.7. The zero-order valence-corrected chi connectivity index (χ0v) is 25.4. The molecule has 0 fully saturated rings. The van der Waals surface area contributed by atoms with Crippen molar-refractivity contribution in [2.24, 2.45) is 0 Å². The topological polar surface area (TPSA) is 9.86 Å². The summed E-state index contributed by atoms with van der Waals surface area (Å²) in [6.07, 6.45) is 6.78. The molecule has 0 aliphatic heterocycles. The van der Waals surface area contributed by atoms with E-state index in [-0.39, 0.29) is 0 Å². The van der Waals surface area contributed by atoms with Gasteiger partial charge in [0.05, 0.1) is 26.9 Å². The van der Waals surface area contributed by atoms with Gasteiger partial charge >= 0.3 is 0 Å². The molecule has 212 valence electrons. The van der Waals surface area contributed by atoms with Crippen LogP contribution in [0.2, 0.25) is 0 Å². The quantitative estimate of drug-likeness (QED) is 0.193. The number of para-hydroxylation sites is 2. The number of allylic oxidation sites excluding steroid dienone is 1. The Morgan fingerprint density at radius 3 is 2.07 bits per heavy atom. The molecule has 9 aromatic rings. The molecule has 0 bridgehead atoms. The Kier molecular flexibility index (Phi) is 5.31. The molecule has 0 unspecified atom stereocenters. The summed E-state index contributed by atoms with van der Waals surface area (Å²) in [5, 5.41) is 6.58. The Morgan fingerprint density at radius 2 is 1.20 bits per heavy atom. The molecule has 2 nitrogen and oxygen atoms in total. The minimum atomic E-state index is 1.07. The van der Waals surface area contributed by atoms with Crippen molar-refractivity contribution in [3.05, 3.63) is 151 Å². The zero-order valence-electron chi connectivity index (χ0n) is 24.6. The van der Waals surface area contributed by atoms with Crippen molar-refractivity contribution in [3.63, 3.8) is 0 Å². The van der Waals surface area contributed by atoms with Crippen LogP contribution in [0.25, 0.3) is 81.5 Å². The standard InChI is InChI=1S/C42H28N2S/c1-2-11-29(12-3-1)43-36-17-7-4-13-30(36)34-25-27(21-23-38(34)43)28-22-24-39-35(26-28)31-14-5-8-18-37(31)44(39)40-19-10-16-33-32-15-6-9-20-41(32)45-42(33)40/h1-3,5-12,14-26H,4,13H2. The summed E-state index contributed by atoms with van der Waals surface area (Å²) in [7, 11) is 0. The first-order chi connectivity index (χ1) is 22.3. The van der Waals surface area contributed by atoms with Crippen molar-refractivity contribution < 1.29 is 0 Å². The van der Waals surface area contributed by atoms with E-state index in [1.807, 2.05) is 11.3 Å². The Morgan fingerprint density at radius 1 is 0.511 bits per heavy atom. The average molecular weight is 593 g/mol. The fraction of sp³-hybridized carbons (Fsp3) is 0.0476. The van der Waals surface area contributed by atoms with E-state index in [9.17, 15) is 0 Å². The lowest BCUT2D eigenvalue weighted by Crippen LogP contribution is -1.99. The molecule has 45 heavy (non-hydrogen) atoms. The van der Waals surface area contributed by atoms with Crippen molar-refractivity contribution >= 4 is 70.3 Å². The van der Waals surface area contributed by atoms with Gasteiger partial charge in [0.25, 0.3) is 0 Å². The zero-order chi connectivity index (χ0) is 29.5. The van der Waals surface area contributed by atoms with Crippen LogP contribution in [0.4, 0.5) is 0 Å². The molecular weight excluding hydrogens is 565 g/mol. The summed E-state index contributed by atoms with van der Waals surface area (Å²) in [5.74, 6) is 0. The number of aryl methyl sites for hydroxylation is 1. The number of benzene rings is 6. The van der Waals surface area contributed by atoms with Crippen molar-refractivity contribution in [1.29, 1.82) is 0 Å². The van der Waals surface area contributed by atoms with Crippen LogP contribution in [0, 0.1) is 0 Å². The molecule has 6 aromatic carbocycles. The highest BCUT2D eigenvalue weighted by Gasteiger charge is 2.20. The van der Waals surface area contributed by atoms with Gasteiger partial charge in [-0.3, -0.25) is 0 Å².